The average molecular weight is 1050 g/mol. The molecule has 13 rings (SSSR count). The number of nitrogens with zero attached hydrogens (tertiary/aromatic N) is 2. The van der Waals surface area contributed by atoms with Crippen LogP contribution in [0.5, 0.6) is 0 Å². The Kier molecular flexibility index (Phi) is 13.8. The van der Waals surface area contributed by atoms with Crippen molar-refractivity contribution in [3.05, 3.63) is 340 Å². The molecule has 12 aromatic carbocycles. The predicted octanol–water partition coefficient (Wildman–Crippen LogP) is 13.2. The van der Waals surface area contributed by atoms with E-state index in [1.54, 1.807) is 0 Å². The number of rotatable bonds is 14. The van der Waals surface area contributed by atoms with Crippen molar-refractivity contribution in [3.8, 4) is 67.3 Å². The van der Waals surface area contributed by atoms with E-state index in [1.807, 2.05) is 0 Å². The number of hydrogen-bond acceptors (Lipinski definition) is 2. The molecule has 0 amide bonds. The fourth-order valence-electron chi connectivity index (χ4n) is 12.0. The molecule has 0 unspecified atom stereocenters. The lowest BCUT2D eigenvalue weighted by atomic mass is 9.99. The second kappa shape index (κ2) is 22.2. The molecule has 0 aliphatic carbocycles. The molecule has 0 saturated heterocycles. The molecular weight excluding hydrogens is 997 g/mol. The summed E-state index contributed by atoms with van der Waals surface area (Å²) in [7, 11) is -6.54. The van der Waals surface area contributed by atoms with Gasteiger partial charge in [0.25, 0.3) is 0 Å². The Labute approximate surface area is 471 Å². The molecule has 0 atom stereocenters. The van der Waals surface area contributed by atoms with Gasteiger partial charge in [0.2, 0.25) is 0 Å². The lowest BCUT2D eigenvalue weighted by Crippen LogP contribution is -2.78. The lowest BCUT2D eigenvalue weighted by Gasteiger charge is -2.38. The Morgan fingerprint density at radius 3 is 0.762 bits per heavy atom. The van der Waals surface area contributed by atoms with Gasteiger partial charge in [-0.15, -0.1) is 0 Å². The maximum atomic E-state index is 5.77. The van der Waals surface area contributed by atoms with Gasteiger partial charge in [0, 0.05) is 16.7 Å². The van der Waals surface area contributed by atoms with Crippen LogP contribution in [0.15, 0.2) is 340 Å². The van der Waals surface area contributed by atoms with Crippen LogP contribution in [0.3, 0.4) is 0 Å². The normalized spacial score (nSPS) is 11.5. The molecular formula is C76H56N2Si2. The molecule has 1 heterocycles. The Hall–Kier alpha value is -9.85. The van der Waals surface area contributed by atoms with Gasteiger partial charge in [-0.1, -0.05) is 322 Å². The first-order valence-electron chi connectivity index (χ1n) is 27.5. The van der Waals surface area contributed by atoms with E-state index in [0.717, 1.165) is 50.3 Å². The van der Waals surface area contributed by atoms with Crippen LogP contribution in [0, 0.1) is 0 Å². The highest BCUT2D eigenvalue weighted by atomic mass is 28.3. The van der Waals surface area contributed by atoms with Crippen molar-refractivity contribution in [3.63, 3.8) is 0 Å². The highest BCUT2D eigenvalue weighted by Crippen LogP contribution is 2.33. The number of hydrogen-bond donors (Lipinski definition) is 0. The van der Waals surface area contributed by atoms with E-state index in [0.29, 0.717) is 5.82 Å². The van der Waals surface area contributed by atoms with E-state index >= 15 is 0 Å². The maximum absolute atomic E-state index is 5.77. The van der Waals surface area contributed by atoms with E-state index in [2.05, 4.69) is 340 Å². The molecule has 80 heavy (non-hydrogen) atoms. The summed E-state index contributed by atoms with van der Waals surface area (Å²) in [4.78, 5) is 11.5. The first-order chi connectivity index (χ1) is 39.6. The Morgan fingerprint density at radius 1 is 0.163 bits per heavy atom. The third kappa shape index (κ3) is 9.47. The monoisotopic (exact) mass is 1050 g/mol. The Balaban J connectivity index is 1.17. The summed E-state index contributed by atoms with van der Waals surface area (Å²) in [6.45, 7) is 0. The zero-order valence-electron chi connectivity index (χ0n) is 44.2. The van der Waals surface area contributed by atoms with Crippen molar-refractivity contribution in [1.82, 2.24) is 9.97 Å². The summed E-state index contributed by atoms with van der Waals surface area (Å²) in [5.74, 6) is 0.662. The summed E-state index contributed by atoms with van der Waals surface area (Å²) >= 11 is 0. The molecule has 0 saturated carbocycles. The second-order valence-electron chi connectivity index (χ2n) is 20.4. The van der Waals surface area contributed by atoms with Crippen LogP contribution in [-0.2, 0) is 0 Å². The fourth-order valence-corrected chi connectivity index (χ4v) is 21.9. The van der Waals surface area contributed by atoms with Crippen molar-refractivity contribution in [2.24, 2.45) is 0 Å². The Bertz CT molecular complexity index is 3960. The van der Waals surface area contributed by atoms with E-state index in [4.69, 9.17) is 9.97 Å². The molecule has 2 nitrogen and oxygen atoms in total. The molecule has 0 aliphatic rings. The fraction of sp³-hybridized carbons (Fsp3) is 0. The van der Waals surface area contributed by atoms with Crippen LogP contribution in [-0.4, -0.2) is 26.1 Å². The van der Waals surface area contributed by atoms with Crippen LogP contribution in [0.2, 0.25) is 0 Å². The minimum atomic E-state index is -3.32. The van der Waals surface area contributed by atoms with Gasteiger partial charge in [-0.25, -0.2) is 9.97 Å². The topological polar surface area (TPSA) is 25.8 Å². The number of benzene rings is 12. The maximum Gasteiger partial charge on any atom is 0.179 e. The van der Waals surface area contributed by atoms with Crippen molar-refractivity contribution >= 4 is 57.6 Å². The van der Waals surface area contributed by atoms with Gasteiger partial charge < -0.3 is 0 Å². The molecule has 13 aromatic rings. The van der Waals surface area contributed by atoms with Gasteiger partial charge in [0.05, 0.1) is 11.4 Å². The number of aromatic nitrogens is 2. The molecule has 378 valence electrons. The van der Waals surface area contributed by atoms with Crippen molar-refractivity contribution in [2.45, 2.75) is 0 Å². The second-order valence-corrected chi connectivity index (χ2v) is 28.1. The smallest absolute Gasteiger partial charge is 0.179 e. The standard InChI is InChI=1S/C76H56N2Si2/c1-9-28-57(29-10-1)60-34-25-37-63(50-60)74-56-75(64-38-26-35-61(51-64)58-30-11-2-12-31-58)78-76(77-74)65-53-72(79(66-39-15-4-16-40-66,67-41-17-5-18-42-67)68-43-19-6-20-44-68)55-73(54-65)80(69-45-21-7-22-46-69,70-47-23-8-24-48-70)71-49-27-36-62(52-71)59-32-13-3-14-33-59/h1-56H. The predicted molar refractivity (Wildman–Crippen MR) is 342 cm³/mol. The minimum absolute atomic E-state index is 0.662. The molecule has 4 heteroatoms. The van der Waals surface area contributed by atoms with Gasteiger partial charge in [0.1, 0.15) is 0 Å². The summed E-state index contributed by atoms with van der Waals surface area (Å²) in [5, 5.41) is 10.3. The lowest BCUT2D eigenvalue weighted by molar-refractivity contribution is 1.18. The van der Waals surface area contributed by atoms with Crippen molar-refractivity contribution in [1.29, 1.82) is 0 Å². The molecule has 0 fully saturated rings. The van der Waals surface area contributed by atoms with E-state index < -0.39 is 16.1 Å². The van der Waals surface area contributed by atoms with Crippen LogP contribution in [0.25, 0.3) is 67.3 Å². The van der Waals surface area contributed by atoms with Crippen LogP contribution < -0.4 is 41.5 Å². The van der Waals surface area contributed by atoms with Crippen molar-refractivity contribution in [2.75, 3.05) is 0 Å². The minimum Gasteiger partial charge on any atom is -0.228 e. The quantitative estimate of drug-likeness (QED) is 0.0801. The van der Waals surface area contributed by atoms with Gasteiger partial charge in [0.15, 0.2) is 22.0 Å². The van der Waals surface area contributed by atoms with E-state index in [9.17, 15) is 0 Å². The van der Waals surface area contributed by atoms with Gasteiger partial charge in [-0.05, 0) is 93.1 Å². The molecule has 0 aliphatic heterocycles. The summed E-state index contributed by atoms with van der Waals surface area (Å²) in [5.41, 5.74) is 11.6. The van der Waals surface area contributed by atoms with E-state index in [1.165, 1.54) is 52.6 Å². The van der Waals surface area contributed by atoms with Gasteiger partial charge in [-0.2, -0.15) is 0 Å². The third-order valence-electron chi connectivity index (χ3n) is 15.8. The average Bonchev–Trinajstić information content (AvgIpc) is 3.61. The van der Waals surface area contributed by atoms with Gasteiger partial charge >= 0.3 is 0 Å². The molecule has 0 spiro atoms. The molecule has 0 radical (unpaired) electrons. The first kappa shape index (κ1) is 49.7. The molecule has 0 N–H and O–H groups in total. The van der Waals surface area contributed by atoms with E-state index in [-0.39, 0.29) is 0 Å². The largest absolute Gasteiger partial charge is 0.228 e. The molecule has 0 bridgehead atoms. The van der Waals surface area contributed by atoms with Crippen molar-refractivity contribution < 1.29 is 0 Å². The Morgan fingerprint density at radius 2 is 0.412 bits per heavy atom. The third-order valence-corrected chi connectivity index (χ3v) is 25.2. The SMILES string of the molecule is c1ccc(-c2cccc(-c3cc(-c4cccc(-c5ccccc5)c4)nc(-c4cc([Si](c5ccccc5)(c5ccccc5)c5ccccc5)cc([Si](c5ccccc5)(c5ccccc5)c5cccc(-c6ccccc6)c5)c4)n3)c2)cc1. The van der Waals surface area contributed by atoms with Gasteiger partial charge in [-0.3, -0.25) is 0 Å². The molecule has 1 aromatic heterocycles. The highest BCUT2D eigenvalue weighted by molar-refractivity contribution is 7.22. The summed E-state index contributed by atoms with van der Waals surface area (Å²) in [6.07, 6.45) is 0. The first-order valence-corrected chi connectivity index (χ1v) is 31.5. The highest BCUT2D eigenvalue weighted by Gasteiger charge is 2.46. The van der Waals surface area contributed by atoms with Crippen LogP contribution >= 0.6 is 0 Å². The zero-order chi connectivity index (χ0) is 53.6. The van der Waals surface area contributed by atoms with Crippen LogP contribution in [0.1, 0.15) is 0 Å². The zero-order valence-corrected chi connectivity index (χ0v) is 46.2. The van der Waals surface area contributed by atoms with Crippen LogP contribution in [0.4, 0.5) is 0 Å². The summed E-state index contributed by atoms with van der Waals surface area (Å²) < 4.78 is 0. The summed E-state index contributed by atoms with van der Waals surface area (Å²) in [6, 6.07) is 125.